The highest BCUT2D eigenvalue weighted by Crippen LogP contribution is 2.41. The van der Waals surface area contributed by atoms with E-state index in [0.717, 1.165) is 5.56 Å². The van der Waals surface area contributed by atoms with Gasteiger partial charge >= 0.3 is 0 Å². The Kier molecular flexibility index (Phi) is 5.43. The van der Waals surface area contributed by atoms with Crippen LogP contribution in [0.5, 0.6) is 11.5 Å². The van der Waals surface area contributed by atoms with Gasteiger partial charge in [0, 0.05) is 16.3 Å². The fourth-order valence-corrected chi connectivity index (χ4v) is 3.59. The number of aliphatic hydroxyl groups excluding tert-OH is 1. The Hall–Kier alpha value is -2.14. The van der Waals surface area contributed by atoms with Gasteiger partial charge in [-0.1, -0.05) is 42.8 Å². The smallest absolute Gasteiger partial charge is 0.172 e. The van der Waals surface area contributed by atoms with Crippen LogP contribution in [-0.2, 0) is 11.2 Å². The lowest BCUT2D eigenvalue weighted by atomic mass is 9.73. The minimum absolute atomic E-state index is 0.0760. The third kappa shape index (κ3) is 3.93. The van der Waals surface area contributed by atoms with Crippen LogP contribution in [0.25, 0.3) is 5.57 Å². The maximum Gasteiger partial charge on any atom is 0.172 e. The molecule has 0 saturated heterocycles. The van der Waals surface area contributed by atoms with Crippen LogP contribution in [0.1, 0.15) is 44.7 Å². The zero-order valence-electron chi connectivity index (χ0n) is 15.6. The van der Waals surface area contributed by atoms with Gasteiger partial charge in [0.15, 0.2) is 17.3 Å². The summed E-state index contributed by atoms with van der Waals surface area (Å²) in [5, 5.41) is 10.5. The van der Waals surface area contributed by atoms with Gasteiger partial charge in [-0.15, -0.1) is 0 Å². The van der Waals surface area contributed by atoms with Crippen LogP contribution in [0.3, 0.4) is 0 Å². The second-order valence-electron chi connectivity index (χ2n) is 7.38. The van der Waals surface area contributed by atoms with E-state index in [9.17, 15) is 14.3 Å². The highest BCUT2D eigenvalue weighted by atomic mass is 79.9. The SMILES string of the molecule is CCc1ccc(Oc2ccc(Br)cc2F)cc1C1=C(O)CCC(C)(C)C1=O. The topological polar surface area (TPSA) is 46.5 Å². The van der Waals surface area contributed by atoms with Crippen molar-refractivity contribution in [1.29, 1.82) is 0 Å². The zero-order valence-corrected chi connectivity index (χ0v) is 17.2. The first-order chi connectivity index (χ1) is 12.7. The summed E-state index contributed by atoms with van der Waals surface area (Å²) in [5.74, 6) is 0.0677. The van der Waals surface area contributed by atoms with Crippen molar-refractivity contribution in [3.8, 4) is 11.5 Å². The molecule has 0 aliphatic heterocycles. The van der Waals surface area contributed by atoms with Gasteiger partial charge in [0.25, 0.3) is 0 Å². The van der Waals surface area contributed by atoms with Crippen molar-refractivity contribution in [3.63, 3.8) is 0 Å². The molecule has 2 aromatic rings. The molecule has 0 aromatic heterocycles. The number of aliphatic hydroxyl groups is 1. The molecular formula is C22H22BrFO3. The number of carbonyl (C=O) groups excluding carboxylic acids is 1. The maximum atomic E-state index is 14.1. The van der Waals surface area contributed by atoms with Crippen molar-refractivity contribution in [1.82, 2.24) is 0 Å². The molecule has 5 heteroatoms. The van der Waals surface area contributed by atoms with Crippen molar-refractivity contribution >= 4 is 27.3 Å². The van der Waals surface area contributed by atoms with E-state index >= 15 is 0 Å². The fourth-order valence-electron chi connectivity index (χ4n) is 3.26. The van der Waals surface area contributed by atoms with Crippen LogP contribution < -0.4 is 4.74 Å². The lowest BCUT2D eigenvalue weighted by Gasteiger charge is -2.30. The first-order valence-electron chi connectivity index (χ1n) is 8.96. The Bertz CT molecular complexity index is 931. The quantitative estimate of drug-likeness (QED) is 0.591. The van der Waals surface area contributed by atoms with Gasteiger partial charge in [-0.3, -0.25) is 4.79 Å². The second-order valence-corrected chi connectivity index (χ2v) is 8.30. The van der Waals surface area contributed by atoms with Gasteiger partial charge in [-0.05, 0) is 54.3 Å². The summed E-state index contributed by atoms with van der Waals surface area (Å²) < 4.78 is 20.4. The summed E-state index contributed by atoms with van der Waals surface area (Å²) in [7, 11) is 0. The number of aryl methyl sites for hydroxylation is 1. The van der Waals surface area contributed by atoms with Crippen LogP contribution in [0.4, 0.5) is 4.39 Å². The van der Waals surface area contributed by atoms with E-state index in [4.69, 9.17) is 4.74 Å². The minimum atomic E-state index is -0.527. The summed E-state index contributed by atoms with van der Waals surface area (Å²) in [4.78, 5) is 13.0. The van der Waals surface area contributed by atoms with Gasteiger partial charge in [-0.2, -0.15) is 0 Å². The van der Waals surface area contributed by atoms with E-state index in [0.29, 0.717) is 40.6 Å². The summed E-state index contributed by atoms with van der Waals surface area (Å²) in [6.07, 6.45) is 1.78. The Morgan fingerprint density at radius 2 is 1.96 bits per heavy atom. The average molecular weight is 433 g/mol. The molecule has 1 aliphatic rings. The van der Waals surface area contributed by atoms with E-state index < -0.39 is 11.2 Å². The Morgan fingerprint density at radius 3 is 2.63 bits per heavy atom. The van der Waals surface area contributed by atoms with Crippen molar-refractivity contribution < 1.29 is 19.0 Å². The van der Waals surface area contributed by atoms with E-state index in [-0.39, 0.29) is 17.3 Å². The van der Waals surface area contributed by atoms with Gasteiger partial charge in [0.2, 0.25) is 0 Å². The molecule has 2 aromatic carbocycles. The Morgan fingerprint density at radius 1 is 1.22 bits per heavy atom. The number of carbonyl (C=O) groups is 1. The lowest BCUT2D eigenvalue weighted by Crippen LogP contribution is -2.30. The molecule has 142 valence electrons. The van der Waals surface area contributed by atoms with E-state index in [1.54, 1.807) is 24.3 Å². The van der Waals surface area contributed by atoms with Crippen LogP contribution in [0.15, 0.2) is 46.6 Å². The largest absolute Gasteiger partial charge is 0.512 e. The zero-order chi connectivity index (χ0) is 19.8. The first kappa shape index (κ1) is 19.6. The molecule has 0 unspecified atom stereocenters. The molecule has 3 nitrogen and oxygen atoms in total. The lowest BCUT2D eigenvalue weighted by molar-refractivity contribution is -0.122. The van der Waals surface area contributed by atoms with E-state index in [2.05, 4.69) is 15.9 Å². The molecule has 0 amide bonds. The number of ether oxygens (including phenoxy) is 1. The van der Waals surface area contributed by atoms with Gasteiger partial charge in [0.05, 0.1) is 5.57 Å². The molecule has 1 N–H and O–H groups in total. The van der Waals surface area contributed by atoms with Crippen LogP contribution in [-0.4, -0.2) is 10.9 Å². The summed E-state index contributed by atoms with van der Waals surface area (Å²) in [6.45, 7) is 5.78. The molecule has 0 atom stereocenters. The third-order valence-electron chi connectivity index (χ3n) is 4.97. The Balaban J connectivity index is 2.05. The maximum absolute atomic E-state index is 14.1. The molecule has 27 heavy (non-hydrogen) atoms. The monoisotopic (exact) mass is 432 g/mol. The Labute approximate surface area is 167 Å². The molecule has 3 rings (SSSR count). The predicted octanol–water partition coefficient (Wildman–Crippen LogP) is 6.60. The van der Waals surface area contributed by atoms with E-state index in [1.165, 1.54) is 6.07 Å². The number of Topliss-reactive ketones (excluding diaryl/α,β-unsaturated/α-hetero) is 1. The molecule has 0 saturated carbocycles. The van der Waals surface area contributed by atoms with Crippen LogP contribution in [0, 0.1) is 11.2 Å². The van der Waals surface area contributed by atoms with Crippen molar-refractivity contribution in [3.05, 3.63) is 63.6 Å². The van der Waals surface area contributed by atoms with Gasteiger partial charge in [-0.25, -0.2) is 4.39 Å². The minimum Gasteiger partial charge on any atom is -0.512 e. The molecule has 0 spiro atoms. The highest BCUT2D eigenvalue weighted by Gasteiger charge is 2.37. The number of hydrogen-bond donors (Lipinski definition) is 1. The highest BCUT2D eigenvalue weighted by molar-refractivity contribution is 9.10. The summed E-state index contributed by atoms with van der Waals surface area (Å²) in [5.41, 5.74) is 1.42. The fraction of sp³-hybridized carbons (Fsp3) is 0.318. The van der Waals surface area contributed by atoms with Crippen LogP contribution in [0.2, 0.25) is 0 Å². The number of benzene rings is 2. The van der Waals surface area contributed by atoms with Crippen molar-refractivity contribution in [2.24, 2.45) is 5.41 Å². The van der Waals surface area contributed by atoms with Gasteiger partial charge < -0.3 is 9.84 Å². The number of allylic oxidation sites excluding steroid dienone is 2. The number of ketones is 1. The molecule has 0 radical (unpaired) electrons. The van der Waals surface area contributed by atoms with Gasteiger partial charge in [0.1, 0.15) is 11.5 Å². The van der Waals surface area contributed by atoms with E-state index in [1.807, 2.05) is 26.8 Å². The first-order valence-corrected chi connectivity index (χ1v) is 9.75. The predicted molar refractivity (Wildman–Crippen MR) is 108 cm³/mol. The third-order valence-corrected chi connectivity index (χ3v) is 5.46. The average Bonchev–Trinajstić information content (AvgIpc) is 2.62. The van der Waals surface area contributed by atoms with Crippen LogP contribution >= 0.6 is 15.9 Å². The standard InChI is InChI=1S/C22H22BrFO3/c1-4-13-5-7-15(27-19-8-6-14(23)11-17(19)24)12-16(13)20-18(25)9-10-22(2,3)21(20)26/h5-8,11-12,25H,4,9-10H2,1-3H3. The summed E-state index contributed by atoms with van der Waals surface area (Å²) >= 11 is 3.22. The molecule has 0 bridgehead atoms. The number of halogens is 2. The van der Waals surface area contributed by atoms with Crippen molar-refractivity contribution in [2.45, 2.75) is 40.0 Å². The summed E-state index contributed by atoms with van der Waals surface area (Å²) in [6, 6.07) is 9.89. The molecule has 0 fully saturated rings. The van der Waals surface area contributed by atoms with Crippen molar-refractivity contribution in [2.75, 3.05) is 0 Å². The number of hydrogen-bond acceptors (Lipinski definition) is 3. The second kappa shape index (κ2) is 7.47. The molecular weight excluding hydrogens is 411 g/mol. The molecule has 0 heterocycles. The normalized spacial score (nSPS) is 16.6. The molecule has 1 aliphatic carbocycles. The number of rotatable bonds is 4.